The maximum absolute atomic E-state index is 6.00. The zero-order valence-corrected chi connectivity index (χ0v) is 10.5. The molecule has 1 aromatic carbocycles. The molecule has 86 valence electrons. The van der Waals surface area contributed by atoms with Crippen LogP contribution in [0.2, 0.25) is 5.02 Å². The highest BCUT2D eigenvalue weighted by atomic mass is 35.5. The molecule has 0 saturated heterocycles. The Kier molecular flexibility index (Phi) is 3.17. The van der Waals surface area contributed by atoms with Gasteiger partial charge >= 0.3 is 0 Å². The number of fused-ring (bicyclic) bond motifs is 1. The number of aromatic nitrogens is 2. The van der Waals surface area contributed by atoms with Gasteiger partial charge in [-0.3, -0.25) is 0 Å². The quantitative estimate of drug-likeness (QED) is 0.862. The van der Waals surface area contributed by atoms with Crippen LogP contribution in [0.3, 0.4) is 0 Å². The molecular formula is C12H16ClN3. The number of nitrogens with zero attached hydrogens (tertiary/aromatic N) is 1. The van der Waals surface area contributed by atoms with Crippen molar-refractivity contribution in [3.63, 3.8) is 0 Å². The molecule has 0 aliphatic carbocycles. The number of aryl methyl sites for hydroxylation is 1. The first-order chi connectivity index (χ1) is 7.56. The molecule has 1 heterocycles. The first-order valence-corrected chi connectivity index (χ1v) is 5.82. The summed E-state index contributed by atoms with van der Waals surface area (Å²) >= 11 is 6.00. The highest BCUT2D eigenvalue weighted by Crippen LogP contribution is 2.21. The summed E-state index contributed by atoms with van der Waals surface area (Å²) in [4.78, 5) is 7.82. The van der Waals surface area contributed by atoms with E-state index in [4.69, 9.17) is 11.6 Å². The molecule has 0 saturated carbocycles. The van der Waals surface area contributed by atoms with E-state index < -0.39 is 0 Å². The average Bonchev–Trinajstić information content (AvgIpc) is 2.57. The highest BCUT2D eigenvalue weighted by molar-refractivity contribution is 6.31. The van der Waals surface area contributed by atoms with Crippen molar-refractivity contribution in [3.8, 4) is 0 Å². The smallest absolute Gasteiger partial charge is 0.121 e. The Morgan fingerprint density at radius 2 is 2.19 bits per heavy atom. The lowest BCUT2D eigenvalue weighted by Gasteiger charge is -2.04. The van der Waals surface area contributed by atoms with Crippen LogP contribution in [0.4, 0.5) is 0 Å². The molecule has 2 N–H and O–H groups in total. The second-order valence-electron chi connectivity index (χ2n) is 4.34. The van der Waals surface area contributed by atoms with Crippen LogP contribution in [-0.2, 0) is 6.54 Å². The van der Waals surface area contributed by atoms with Crippen LogP contribution in [0, 0.1) is 6.92 Å². The normalized spacial score (nSPS) is 11.6. The molecule has 0 fully saturated rings. The Hall–Kier alpha value is -1.06. The number of rotatable bonds is 3. The highest BCUT2D eigenvalue weighted by Gasteiger charge is 2.06. The molecule has 3 nitrogen and oxygen atoms in total. The van der Waals surface area contributed by atoms with Gasteiger partial charge in [-0.1, -0.05) is 25.4 Å². The predicted octanol–water partition coefficient (Wildman–Crippen LogP) is 3.02. The Bertz CT molecular complexity index is 502. The lowest BCUT2D eigenvalue weighted by atomic mass is 10.2. The van der Waals surface area contributed by atoms with Crippen molar-refractivity contribution in [2.75, 3.05) is 0 Å². The van der Waals surface area contributed by atoms with Crippen LogP contribution in [-0.4, -0.2) is 16.0 Å². The maximum Gasteiger partial charge on any atom is 0.121 e. The molecule has 0 amide bonds. The predicted molar refractivity (Wildman–Crippen MR) is 67.8 cm³/mol. The minimum absolute atomic E-state index is 0.456. The van der Waals surface area contributed by atoms with Crippen molar-refractivity contribution in [2.45, 2.75) is 33.4 Å². The molecule has 0 spiro atoms. The van der Waals surface area contributed by atoms with Crippen LogP contribution in [0.25, 0.3) is 11.0 Å². The molecule has 2 rings (SSSR count). The number of halogens is 1. The summed E-state index contributed by atoms with van der Waals surface area (Å²) in [5.41, 5.74) is 3.12. The van der Waals surface area contributed by atoms with Crippen molar-refractivity contribution in [1.82, 2.24) is 15.3 Å². The molecule has 1 aromatic heterocycles. The molecule has 0 bridgehead atoms. The summed E-state index contributed by atoms with van der Waals surface area (Å²) in [7, 11) is 0. The Morgan fingerprint density at radius 3 is 2.88 bits per heavy atom. The third-order valence-corrected chi connectivity index (χ3v) is 2.69. The van der Waals surface area contributed by atoms with E-state index in [1.165, 1.54) is 0 Å². The van der Waals surface area contributed by atoms with Crippen molar-refractivity contribution >= 4 is 22.6 Å². The molecular weight excluding hydrogens is 222 g/mol. The van der Waals surface area contributed by atoms with Gasteiger partial charge in [-0.25, -0.2) is 4.98 Å². The zero-order valence-electron chi connectivity index (χ0n) is 9.76. The number of H-pyrrole nitrogens is 1. The second kappa shape index (κ2) is 4.44. The molecule has 0 unspecified atom stereocenters. The Morgan fingerprint density at radius 1 is 1.44 bits per heavy atom. The zero-order chi connectivity index (χ0) is 11.7. The van der Waals surface area contributed by atoms with Crippen LogP contribution in [0.5, 0.6) is 0 Å². The molecule has 0 aliphatic heterocycles. The lowest BCUT2D eigenvalue weighted by Crippen LogP contribution is -2.22. The fraction of sp³-hybridized carbons (Fsp3) is 0.417. The fourth-order valence-electron chi connectivity index (χ4n) is 1.68. The average molecular weight is 238 g/mol. The lowest BCUT2D eigenvalue weighted by molar-refractivity contribution is 0.576. The summed E-state index contributed by atoms with van der Waals surface area (Å²) in [5, 5.41) is 4.08. The molecule has 0 aliphatic rings. The monoisotopic (exact) mass is 237 g/mol. The second-order valence-corrected chi connectivity index (χ2v) is 4.77. The summed E-state index contributed by atoms with van der Waals surface area (Å²) < 4.78 is 0. The largest absolute Gasteiger partial charge is 0.341 e. The minimum Gasteiger partial charge on any atom is -0.341 e. The summed E-state index contributed by atoms with van der Waals surface area (Å²) in [6.07, 6.45) is 0. The van der Waals surface area contributed by atoms with Gasteiger partial charge in [-0.15, -0.1) is 0 Å². The van der Waals surface area contributed by atoms with Crippen molar-refractivity contribution in [2.24, 2.45) is 0 Å². The molecule has 2 aromatic rings. The number of imidazole rings is 1. The Labute approximate surface area is 100 Å². The minimum atomic E-state index is 0.456. The van der Waals surface area contributed by atoms with Crippen LogP contribution < -0.4 is 5.32 Å². The number of benzene rings is 1. The third kappa shape index (κ3) is 2.36. The SMILES string of the molecule is Cc1cc(Cl)cc2[nH]c(CNC(C)C)nc12. The molecule has 4 heteroatoms. The number of hydrogen-bond donors (Lipinski definition) is 2. The van der Waals surface area contributed by atoms with Gasteiger partial charge in [-0.05, 0) is 24.6 Å². The van der Waals surface area contributed by atoms with E-state index in [0.29, 0.717) is 6.04 Å². The first kappa shape index (κ1) is 11.4. The number of nitrogens with one attached hydrogen (secondary N) is 2. The molecule has 16 heavy (non-hydrogen) atoms. The van der Waals surface area contributed by atoms with Crippen molar-refractivity contribution < 1.29 is 0 Å². The molecule has 0 atom stereocenters. The van der Waals surface area contributed by atoms with Crippen LogP contribution >= 0.6 is 11.6 Å². The van der Waals surface area contributed by atoms with Gasteiger partial charge in [0.25, 0.3) is 0 Å². The van der Waals surface area contributed by atoms with Gasteiger partial charge in [0, 0.05) is 11.1 Å². The maximum atomic E-state index is 6.00. The van der Waals surface area contributed by atoms with E-state index in [9.17, 15) is 0 Å². The third-order valence-electron chi connectivity index (χ3n) is 2.47. The summed E-state index contributed by atoms with van der Waals surface area (Å²) in [6, 6.07) is 4.30. The van der Waals surface area contributed by atoms with E-state index in [1.807, 2.05) is 19.1 Å². The van der Waals surface area contributed by atoms with E-state index in [2.05, 4.69) is 29.1 Å². The van der Waals surface area contributed by atoms with E-state index in [-0.39, 0.29) is 0 Å². The molecule has 0 radical (unpaired) electrons. The van der Waals surface area contributed by atoms with Gasteiger partial charge in [0.15, 0.2) is 0 Å². The first-order valence-electron chi connectivity index (χ1n) is 5.44. The van der Waals surface area contributed by atoms with E-state index >= 15 is 0 Å². The van der Waals surface area contributed by atoms with Gasteiger partial charge < -0.3 is 10.3 Å². The van der Waals surface area contributed by atoms with Crippen LogP contribution in [0.1, 0.15) is 25.2 Å². The number of aromatic amines is 1. The van der Waals surface area contributed by atoms with Crippen molar-refractivity contribution in [3.05, 3.63) is 28.5 Å². The fourth-order valence-corrected chi connectivity index (χ4v) is 1.95. The standard InChI is InChI=1S/C12H16ClN3/c1-7(2)14-6-11-15-10-5-9(13)4-8(3)12(10)16-11/h4-5,7,14H,6H2,1-3H3,(H,15,16). The topological polar surface area (TPSA) is 40.7 Å². The summed E-state index contributed by atoms with van der Waals surface area (Å²) in [5.74, 6) is 0.953. The summed E-state index contributed by atoms with van der Waals surface area (Å²) in [6.45, 7) is 7.01. The van der Waals surface area contributed by atoms with Gasteiger partial charge in [-0.2, -0.15) is 0 Å². The van der Waals surface area contributed by atoms with Crippen molar-refractivity contribution in [1.29, 1.82) is 0 Å². The van der Waals surface area contributed by atoms with E-state index in [0.717, 1.165) is 34.0 Å². The number of hydrogen-bond acceptors (Lipinski definition) is 2. The van der Waals surface area contributed by atoms with Gasteiger partial charge in [0.2, 0.25) is 0 Å². The van der Waals surface area contributed by atoms with Gasteiger partial charge in [0.1, 0.15) is 5.82 Å². The Balaban J connectivity index is 2.33. The van der Waals surface area contributed by atoms with Gasteiger partial charge in [0.05, 0.1) is 17.6 Å². The van der Waals surface area contributed by atoms with Crippen LogP contribution in [0.15, 0.2) is 12.1 Å². The van der Waals surface area contributed by atoms with E-state index in [1.54, 1.807) is 0 Å².